The topological polar surface area (TPSA) is 72.8 Å². The average molecular weight is 591 g/mol. The molecule has 0 aliphatic heterocycles. The molecular weight excluding hydrogens is 542 g/mol. The molecular formula is C33H48F2O5Si. The van der Waals surface area contributed by atoms with Gasteiger partial charge in [-0.05, 0) is 55.5 Å². The second kappa shape index (κ2) is 15.7. The molecule has 8 heteroatoms. The second-order valence-electron chi connectivity index (χ2n) is 12.4. The summed E-state index contributed by atoms with van der Waals surface area (Å²) in [6, 6.07) is 9.20. The van der Waals surface area contributed by atoms with Crippen LogP contribution >= 0.6 is 0 Å². The van der Waals surface area contributed by atoms with Crippen molar-refractivity contribution in [3.8, 4) is 0 Å². The van der Waals surface area contributed by atoms with E-state index in [0.717, 1.165) is 11.6 Å². The maximum atomic E-state index is 15.3. The van der Waals surface area contributed by atoms with Crippen LogP contribution in [0.15, 0.2) is 66.8 Å². The van der Waals surface area contributed by atoms with Gasteiger partial charge in [-0.3, -0.25) is 9.59 Å². The Labute approximate surface area is 245 Å². The van der Waals surface area contributed by atoms with E-state index in [9.17, 15) is 9.59 Å². The van der Waals surface area contributed by atoms with E-state index < -0.39 is 38.3 Å². The predicted molar refractivity (Wildman–Crippen MR) is 162 cm³/mol. The number of carboxylic acid groups (broad SMARTS) is 1. The highest BCUT2D eigenvalue weighted by Crippen LogP contribution is 2.43. The third-order valence-electron chi connectivity index (χ3n) is 8.02. The summed E-state index contributed by atoms with van der Waals surface area (Å²) in [6.07, 6.45) is 9.72. The molecule has 1 aliphatic carbocycles. The van der Waals surface area contributed by atoms with Crippen LogP contribution in [-0.2, 0) is 25.4 Å². The number of alkyl halides is 2. The van der Waals surface area contributed by atoms with E-state index in [1.165, 1.54) is 12.2 Å². The van der Waals surface area contributed by atoms with Gasteiger partial charge in [-0.25, -0.2) is 0 Å². The van der Waals surface area contributed by atoms with Crippen molar-refractivity contribution in [1.29, 1.82) is 0 Å². The summed E-state index contributed by atoms with van der Waals surface area (Å²) in [7, 11) is -2.25. The molecule has 0 amide bonds. The minimum Gasteiger partial charge on any atom is -0.481 e. The van der Waals surface area contributed by atoms with E-state index in [-0.39, 0.29) is 36.2 Å². The Kier molecular flexibility index (Phi) is 13.3. The maximum Gasteiger partial charge on any atom is 0.303 e. The van der Waals surface area contributed by atoms with E-state index in [1.807, 2.05) is 42.5 Å². The summed E-state index contributed by atoms with van der Waals surface area (Å²) in [5, 5.41) is 8.77. The zero-order valence-electron chi connectivity index (χ0n) is 25.4. The molecule has 1 aromatic rings. The number of rotatable bonds is 16. The standard InChI is InChI=1S/C33H48F2O5Si/c1-7-8-22-33(34,35)30(39-24-25-16-12-11-13-17-25)21-20-27-26(18-14-9-10-15-19-31(37)38)28(36)23-29(27)40-41(5,6)32(2,3)4/h8-9,11-14,16-17,20-22,26-27,29-30H,7,10,15,18-19,23-24H2,1-6H3,(H,37,38)/b14-9+,21-20+,22-8+/t26-,27-,29-,30?/m1/s1. The van der Waals surface area contributed by atoms with Crippen molar-refractivity contribution in [2.24, 2.45) is 11.8 Å². The molecule has 1 unspecified atom stereocenters. The summed E-state index contributed by atoms with van der Waals surface area (Å²) in [5.74, 6) is -4.81. The summed E-state index contributed by atoms with van der Waals surface area (Å²) in [5.41, 5.74) is 0.794. The lowest BCUT2D eigenvalue weighted by Gasteiger charge is -2.39. The third kappa shape index (κ3) is 11.1. The fourth-order valence-corrected chi connectivity index (χ4v) is 5.92. The molecule has 1 aromatic carbocycles. The highest BCUT2D eigenvalue weighted by molar-refractivity contribution is 6.74. The molecule has 0 spiro atoms. The first-order valence-electron chi connectivity index (χ1n) is 14.6. The van der Waals surface area contributed by atoms with Gasteiger partial charge in [0.2, 0.25) is 0 Å². The first kappa shape index (κ1) is 34.8. The summed E-state index contributed by atoms with van der Waals surface area (Å²) in [4.78, 5) is 24.0. The van der Waals surface area contributed by atoms with Crippen molar-refractivity contribution in [1.82, 2.24) is 0 Å². The molecule has 1 N–H and O–H groups in total. The minimum atomic E-state index is -3.24. The van der Waals surface area contributed by atoms with Crippen LogP contribution in [0.3, 0.4) is 0 Å². The van der Waals surface area contributed by atoms with Crippen molar-refractivity contribution >= 4 is 20.1 Å². The Morgan fingerprint density at radius 1 is 1.15 bits per heavy atom. The fourth-order valence-electron chi connectivity index (χ4n) is 4.57. The van der Waals surface area contributed by atoms with Gasteiger partial charge in [0, 0.05) is 24.7 Å². The highest BCUT2D eigenvalue weighted by atomic mass is 28.4. The molecule has 1 aliphatic rings. The molecule has 0 aromatic heterocycles. The lowest BCUT2D eigenvalue weighted by atomic mass is 9.90. The van der Waals surface area contributed by atoms with E-state index in [0.29, 0.717) is 25.7 Å². The average Bonchev–Trinajstić information content (AvgIpc) is 3.17. The van der Waals surface area contributed by atoms with Crippen LogP contribution in [0.4, 0.5) is 8.78 Å². The van der Waals surface area contributed by atoms with Crippen LogP contribution < -0.4 is 0 Å². The number of ether oxygens (including phenoxy) is 1. The molecule has 1 saturated carbocycles. The Morgan fingerprint density at radius 3 is 2.44 bits per heavy atom. The number of ketones is 1. The number of unbranched alkanes of at least 4 members (excludes halogenated alkanes) is 1. The Bertz CT molecular complexity index is 1060. The van der Waals surface area contributed by atoms with Gasteiger partial charge in [0.25, 0.3) is 5.92 Å². The van der Waals surface area contributed by atoms with Crippen molar-refractivity contribution in [3.05, 3.63) is 72.4 Å². The number of benzene rings is 1. The monoisotopic (exact) mass is 590 g/mol. The zero-order chi connectivity index (χ0) is 30.7. The lowest BCUT2D eigenvalue weighted by Crippen LogP contribution is -2.45. The van der Waals surface area contributed by atoms with Crippen LogP contribution in [0.1, 0.15) is 71.8 Å². The van der Waals surface area contributed by atoms with Gasteiger partial charge < -0.3 is 14.3 Å². The molecule has 0 radical (unpaired) electrons. The van der Waals surface area contributed by atoms with Gasteiger partial charge in [0.15, 0.2) is 8.32 Å². The third-order valence-corrected chi connectivity index (χ3v) is 12.5. The molecule has 5 nitrogen and oxygen atoms in total. The predicted octanol–water partition coefficient (Wildman–Crippen LogP) is 8.53. The van der Waals surface area contributed by atoms with Crippen LogP contribution in [0, 0.1) is 11.8 Å². The quantitative estimate of drug-likeness (QED) is 0.119. The largest absolute Gasteiger partial charge is 0.481 e. The zero-order valence-corrected chi connectivity index (χ0v) is 26.4. The number of carboxylic acids is 1. The first-order chi connectivity index (χ1) is 19.2. The SMILES string of the molecule is CC/C=C/C(F)(F)C(/C=C/[C@H]1[C@H](O[Si](C)(C)C(C)(C)C)CC(=O)[C@@H]1C/C=C/CCCC(=O)O)OCc1ccccc1. The number of aliphatic carboxylic acids is 1. The second-order valence-corrected chi connectivity index (χ2v) is 17.1. The fraction of sp³-hybridized carbons (Fsp3) is 0.576. The number of carbonyl (C=O) groups is 2. The number of hydrogen-bond donors (Lipinski definition) is 1. The van der Waals surface area contributed by atoms with Crippen LogP contribution in [0.5, 0.6) is 0 Å². The molecule has 0 bridgehead atoms. The van der Waals surface area contributed by atoms with Gasteiger partial charge in [-0.15, -0.1) is 0 Å². The van der Waals surface area contributed by atoms with Crippen LogP contribution in [0.25, 0.3) is 0 Å². The molecule has 2 rings (SSSR count). The van der Waals surface area contributed by atoms with Crippen LogP contribution in [-0.4, -0.2) is 43.3 Å². The molecule has 1 fully saturated rings. The van der Waals surface area contributed by atoms with Crippen LogP contribution in [0.2, 0.25) is 18.1 Å². The number of hydrogen-bond acceptors (Lipinski definition) is 4. The number of carbonyl (C=O) groups excluding carboxylic acids is 1. The maximum absolute atomic E-state index is 15.3. The van der Waals surface area contributed by atoms with Crippen molar-refractivity contribution in [3.63, 3.8) is 0 Å². The summed E-state index contributed by atoms with van der Waals surface area (Å²) >= 11 is 0. The van der Waals surface area contributed by atoms with E-state index in [4.69, 9.17) is 14.3 Å². The molecule has 4 atom stereocenters. The van der Waals surface area contributed by atoms with Crippen molar-refractivity contribution in [2.45, 2.75) is 109 Å². The van der Waals surface area contributed by atoms with E-state index in [2.05, 4.69) is 33.9 Å². The Hall–Kier alpha value is -2.42. The molecule has 0 saturated heterocycles. The minimum absolute atomic E-state index is 0.0292. The number of halogens is 2. The van der Waals surface area contributed by atoms with Gasteiger partial charge in [0.1, 0.15) is 11.9 Å². The van der Waals surface area contributed by atoms with Gasteiger partial charge in [-0.1, -0.05) is 88.4 Å². The van der Waals surface area contributed by atoms with Gasteiger partial charge in [-0.2, -0.15) is 8.78 Å². The van der Waals surface area contributed by atoms with Gasteiger partial charge >= 0.3 is 5.97 Å². The Balaban J connectivity index is 2.35. The molecule has 228 valence electrons. The molecule has 0 heterocycles. The number of allylic oxidation sites excluding steroid dienone is 3. The smallest absolute Gasteiger partial charge is 0.303 e. The number of Topliss-reactive ketones (excluding diaryl/α,β-unsaturated/α-hetero) is 1. The van der Waals surface area contributed by atoms with E-state index in [1.54, 1.807) is 13.0 Å². The lowest BCUT2D eigenvalue weighted by molar-refractivity contribution is -0.137. The summed E-state index contributed by atoms with van der Waals surface area (Å²) < 4.78 is 43.1. The normalized spacial score (nSPS) is 21.5. The summed E-state index contributed by atoms with van der Waals surface area (Å²) in [6.45, 7) is 12.5. The van der Waals surface area contributed by atoms with Crippen molar-refractivity contribution < 1.29 is 32.6 Å². The van der Waals surface area contributed by atoms with Gasteiger partial charge in [0.05, 0.1) is 12.7 Å². The highest BCUT2D eigenvalue weighted by Gasteiger charge is 2.47. The Morgan fingerprint density at radius 2 is 1.83 bits per heavy atom. The first-order valence-corrected chi connectivity index (χ1v) is 17.6. The molecule has 41 heavy (non-hydrogen) atoms. The van der Waals surface area contributed by atoms with E-state index >= 15 is 8.78 Å². The van der Waals surface area contributed by atoms with Crippen molar-refractivity contribution in [2.75, 3.05) is 0 Å².